The van der Waals surface area contributed by atoms with Crippen LogP contribution >= 0.6 is 11.3 Å². The van der Waals surface area contributed by atoms with Gasteiger partial charge in [-0.1, -0.05) is 24.1 Å². The van der Waals surface area contributed by atoms with Crippen LogP contribution in [-0.2, 0) is 11.4 Å². The van der Waals surface area contributed by atoms with Crippen molar-refractivity contribution in [3.05, 3.63) is 64.0 Å². The number of amides is 1. The maximum atomic E-state index is 13.1. The Morgan fingerprint density at radius 1 is 1.07 bits per heavy atom. The van der Waals surface area contributed by atoms with E-state index in [-0.39, 0.29) is 29.6 Å². The van der Waals surface area contributed by atoms with Crippen molar-refractivity contribution < 1.29 is 19.4 Å². The number of ether oxygens (including phenoxy) is 1. The average Bonchev–Trinajstić information content (AvgIpc) is 3.50. The fourth-order valence-corrected chi connectivity index (χ4v) is 7.89. The number of nitriles is 1. The molecule has 1 aliphatic carbocycles. The van der Waals surface area contributed by atoms with E-state index in [2.05, 4.69) is 29.3 Å². The summed E-state index contributed by atoms with van der Waals surface area (Å²) < 4.78 is 6.37. The largest absolute Gasteiger partial charge is 0.488 e. The first-order valence-corrected chi connectivity index (χ1v) is 16.1. The zero-order valence-corrected chi connectivity index (χ0v) is 25.6. The van der Waals surface area contributed by atoms with Gasteiger partial charge in [-0.2, -0.15) is 5.26 Å². The molecule has 3 heterocycles. The minimum Gasteiger partial charge on any atom is -0.488 e. The number of hydrogen-bond donors (Lipinski definition) is 1. The fraction of sp³-hybridized carbons (Fsp3) is 0.471. The number of rotatable bonds is 7. The quantitative estimate of drug-likeness (QED) is 0.339. The van der Waals surface area contributed by atoms with E-state index in [1.165, 1.54) is 0 Å². The molecule has 1 aromatic heterocycles. The molecule has 0 unspecified atom stereocenters. The van der Waals surface area contributed by atoms with Crippen LogP contribution in [0.2, 0.25) is 0 Å². The van der Waals surface area contributed by atoms with Crippen LogP contribution in [0, 0.1) is 48.9 Å². The number of carbonyl (C=O) groups excluding carboxylic acids is 1. The summed E-state index contributed by atoms with van der Waals surface area (Å²) in [4.78, 5) is 34.1. The first-order chi connectivity index (χ1) is 20.8. The fourth-order valence-electron chi connectivity index (χ4n) is 7.04. The van der Waals surface area contributed by atoms with Crippen molar-refractivity contribution in [2.45, 2.75) is 52.6 Å². The van der Waals surface area contributed by atoms with Gasteiger partial charge >= 0.3 is 5.97 Å². The number of aryl methyl sites for hydroxylation is 2. The number of carboxylic acid groups (broad SMARTS) is 1. The van der Waals surface area contributed by atoms with Gasteiger partial charge in [0.1, 0.15) is 12.4 Å². The Morgan fingerprint density at radius 3 is 2.49 bits per heavy atom. The number of piperidine rings is 2. The van der Waals surface area contributed by atoms with Gasteiger partial charge in [-0.05, 0) is 86.8 Å². The molecule has 1 saturated carbocycles. The van der Waals surface area contributed by atoms with E-state index in [1.807, 2.05) is 42.2 Å². The van der Waals surface area contributed by atoms with Crippen LogP contribution in [-0.4, -0.2) is 53.0 Å². The summed E-state index contributed by atoms with van der Waals surface area (Å²) >= 11 is 1.61. The normalized spacial score (nSPS) is 22.2. The van der Waals surface area contributed by atoms with Crippen molar-refractivity contribution in [1.82, 2.24) is 9.88 Å². The van der Waals surface area contributed by atoms with E-state index < -0.39 is 5.97 Å². The maximum absolute atomic E-state index is 13.1. The summed E-state index contributed by atoms with van der Waals surface area (Å²) in [5.74, 6) is 0.283. The Morgan fingerprint density at radius 2 is 1.81 bits per heavy atom. The van der Waals surface area contributed by atoms with Crippen LogP contribution in [0.25, 0.3) is 11.3 Å². The Balaban J connectivity index is 1.14. The second kappa shape index (κ2) is 12.4. The molecule has 8 nitrogen and oxygen atoms in total. The number of aliphatic carboxylic acids is 1. The van der Waals surface area contributed by atoms with E-state index in [9.17, 15) is 14.7 Å². The van der Waals surface area contributed by atoms with Gasteiger partial charge in [0.05, 0.1) is 17.7 Å². The number of carbonyl (C=O) groups is 2. The molecular weight excluding hydrogens is 560 g/mol. The van der Waals surface area contributed by atoms with E-state index >= 15 is 0 Å². The van der Waals surface area contributed by atoms with Gasteiger partial charge in [0.2, 0.25) is 0 Å². The number of hydrogen-bond acceptors (Lipinski definition) is 7. The van der Waals surface area contributed by atoms with Crippen molar-refractivity contribution in [3.63, 3.8) is 0 Å². The molecule has 2 aliphatic heterocycles. The molecule has 0 spiro atoms. The Hall–Kier alpha value is -3.90. The Kier molecular flexibility index (Phi) is 8.40. The van der Waals surface area contributed by atoms with Crippen LogP contribution in [0.5, 0.6) is 5.75 Å². The maximum Gasteiger partial charge on any atom is 0.307 e. The third-order valence-electron chi connectivity index (χ3n) is 9.47. The highest BCUT2D eigenvalue weighted by Gasteiger charge is 2.44. The molecule has 1 amide bonds. The summed E-state index contributed by atoms with van der Waals surface area (Å²) in [5, 5.41) is 22.0. The standard InChI is InChI=1S/C34H38N4O4S/c1-21-6-9-30(42-19-27-8-7-24(15-22(27)2)32(39)37-12-10-23(16-35)11-13-37)28(14-21)29-20-43-34(36-29)38-17-25-4-3-5-26(18-38)31(25)33(40)41/h6-9,14-15,20,23,25-26,31H,3-5,10-13,17-19H2,1-2H3,(H,40,41)/t25-,26+,31+. The van der Waals surface area contributed by atoms with Crippen LogP contribution in [0.1, 0.15) is 59.2 Å². The van der Waals surface area contributed by atoms with E-state index in [0.717, 1.165) is 84.0 Å². The summed E-state index contributed by atoms with van der Waals surface area (Å²) in [6.07, 6.45) is 4.51. The number of likely N-dealkylation sites (tertiary alicyclic amines) is 1. The number of nitrogens with zero attached hydrogens (tertiary/aromatic N) is 4. The number of carboxylic acids is 1. The van der Waals surface area contributed by atoms with Gasteiger partial charge < -0.3 is 19.6 Å². The van der Waals surface area contributed by atoms with Crippen LogP contribution in [0.4, 0.5) is 5.13 Å². The van der Waals surface area contributed by atoms with Crippen LogP contribution < -0.4 is 9.64 Å². The zero-order valence-electron chi connectivity index (χ0n) is 24.8. The summed E-state index contributed by atoms with van der Waals surface area (Å²) in [6.45, 7) is 7.16. The molecule has 3 atom stereocenters. The highest BCUT2D eigenvalue weighted by molar-refractivity contribution is 7.14. The number of fused-ring (bicyclic) bond motifs is 2. The van der Waals surface area contributed by atoms with Crippen molar-refractivity contribution in [2.24, 2.45) is 23.7 Å². The van der Waals surface area contributed by atoms with E-state index in [0.29, 0.717) is 25.3 Å². The van der Waals surface area contributed by atoms with Crippen molar-refractivity contribution in [3.8, 4) is 23.1 Å². The number of aromatic nitrogens is 1. The average molecular weight is 599 g/mol. The SMILES string of the molecule is Cc1ccc(OCc2ccc(C(=O)N3CCC(C#N)CC3)cc2C)c(-c2csc(N3C[C@H]4CCC[C@@H](C3)[C@H]4C(=O)O)n2)c1. The van der Waals surface area contributed by atoms with Crippen molar-refractivity contribution >= 4 is 28.3 Å². The smallest absolute Gasteiger partial charge is 0.307 e. The van der Waals surface area contributed by atoms with E-state index in [1.54, 1.807) is 11.3 Å². The third-order valence-corrected chi connectivity index (χ3v) is 10.4. The molecule has 6 rings (SSSR count). The van der Waals surface area contributed by atoms with E-state index in [4.69, 9.17) is 15.0 Å². The highest BCUT2D eigenvalue weighted by Crippen LogP contribution is 2.43. The van der Waals surface area contributed by atoms with Gasteiger partial charge in [-0.15, -0.1) is 11.3 Å². The lowest BCUT2D eigenvalue weighted by molar-refractivity contribution is -0.148. The molecule has 2 bridgehead atoms. The lowest BCUT2D eigenvalue weighted by atomic mass is 9.69. The lowest BCUT2D eigenvalue weighted by Gasteiger charge is -2.45. The van der Waals surface area contributed by atoms with Gasteiger partial charge in [0.25, 0.3) is 5.91 Å². The van der Waals surface area contributed by atoms with Gasteiger partial charge in [-0.25, -0.2) is 4.98 Å². The summed E-state index contributed by atoms with van der Waals surface area (Å²) in [6, 6.07) is 14.2. The minimum absolute atomic E-state index is 0.0166. The van der Waals surface area contributed by atoms with Gasteiger partial charge in [-0.3, -0.25) is 9.59 Å². The highest BCUT2D eigenvalue weighted by atomic mass is 32.1. The zero-order chi connectivity index (χ0) is 30.1. The second-order valence-electron chi connectivity index (χ2n) is 12.4. The number of thiazole rings is 1. The third kappa shape index (κ3) is 6.12. The molecule has 2 saturated heterocycles. The Labute approximate surface area is 256 Å². The first kappa shape index (κ1) is 29.2. The molecular formula is C34H38N4O4S. The van der Waals surface area contributed by atoms with Gasteiger partial charge in [0.15, 0.2) is 5.13 Å². The molecule has 224 valence electrons. The lowest BCUT2D eigenvalue weighted by Crippen LogP contribution is -2.51. The van der Waals surface area contributed by atoms with Crippen LogP contribution in [0.3, 0.4) is 0 Å². The van der Waals surface area contributed by atoms with Gasteiger partial charge in [0, 0.05) is 48.6 Å². The molecule has 1 N–H and O–H groups in total. The predicted octanol–water partition coefficient (Wildman–Crippen LogP) is 6.32. The van der Waals surface area contributed by atoms with Crippen molar-refractivity contribution in [1.29, 1.82) is 5.26 Å². The molecule has 9 heteroatoms. The molecule has 3 fully saturated rings. The number of anilines is 1. The minimum atomic E-state index is -0.649. The number of benzene rings is 2. The monoisotopic (exact) mass is 598 g/mol. The predicted molar refractivity (Wildman–Crippen MR) is 166 cm³/mol. The first-order valence-electron chi connectivity index (χ1n) is 15.3. The molecule has 3 aliphatic rings. The summed E-state index contributed by atoms with van der Waals surface area (Å²) in [5.41, 5.74) is 5.59. The Bertz CT molecular complexity index is 1540. The molecule has 43 heavy (non-hydrogen) atoms. The molecule has 0 radical (unpaired) electrons. The topological polar surface area (TPSA) is 107 Å². The van der Waals surface area contributed by atoms with Crippen LogP contribution in [0.15, 0.2) is 41.8 Å². The van der Waals surface area contributed by atoms with Crippen molar-refractivity contribution in [2.75, 3.05) is 31.1 Å². The second-order valence-corrected chi connectivity index (χ2v) is 13.2. The summed E-state index contributed by atoms with van der Waals surface area (Å²) in [7, 11) is 0. The molecule has 3 aromatic rings. The molecule has 2 aromatic carbocycles.